The molecule has 2 nitrogen and oxygen atoms in total. The van der Waals surface area contributed by atoms with Crippen molar-refractivity contribution in [2.24, 2.45) is 5.92 Å². The Hall–Kier alpha value is -0.760. The number of aryl methyl sites for hydroxylation is 2. The summed E-state index contributed by atoms with van der Waals surface area (Å²) in [6.07, 6.45) is 2.47. The van der Waals surface area contributed by atoms with Gasteiger partial charge in [-0.25, -0.2) is 0 Å². The van der Waals surface area contributed by atoms with E-state index in [9.17, 15) is 0 Å². The van der Waals surface area contributed by atoms with Crippen molar-refractivity contribution < 1.29 is 4.42 Å². The smallest absolute Gasteiger partial charge is 0.105 e. The van der Waals surface area contributed by atoms with Crippen molar-refractivity contribution in [2.75, 3.05) is 0 Å². The SMILES string of the molecule is CCC(CC)C(C)NC(C)c1cc(C)oc1C. The van der Waals surface area contributed by atoms with Crippen LogP contribution in [0.25, 0.3) is 0 Å². The molecule has 0 saturated heterocycles. The molecule has 0 aliphatic carbocycles. The lowest BCUT2D eigenvalue weighted by Gasteiger charge is -2.26. The topological polar surface area (TPSA) is 25.2 Å². The maximum absolute atomic E-state index is 5.59. The van der Waals surface area contributed by atoms with Crippen LogP contribution in [0.3, 0.4) is 0 Å². The van der Waals surface area contributed by atoms with Crippen molar-refractivity contribution in [1.82, 2.24) is 5.32 Å². The molecule has 0 aliphatic heterocycles. The molecule has 1 N–H and O–H groups in total. The first kappa shape index (κ1) is 14.3. The third kappa shape index (κ3) is 3.60. The third-order valence-corrected chi connectivity index (χ3v) is 3.81. The summed E-state index contributed by atoms with van der Waals surface area (Å²) in [6, 6.07) is 3.06. The van der Waals surface area contributed by atoms with Gasteiger partial charge in [0.05, 0.1) is 0 Å². The van der Waals surface area contributed by atoms with Crippen LogP contribution in [0.2, 0.25) is 0 Å². The van der Waals surface area contributed by atoms with Crippen molar-refractivity contribution in [3.05, 3.63) is 23.2 Å². The van der Waals surface area contributed by atoms with Crippen LogP contribution in [0.5, 0.6) is 0 Å². The van der Waals surface area contributed by atoms with Crippen LogP contribution in [0.4, 0.5) is 0 Å². The second-order valence-corrected chi connectivity index (χ2v) is 5.12. The van der Waals surface area contributed by atoms with E-state index in [1.54, 1.807) is 0 Å². The van der Waals surface area contributed by atoms with Gasteiger partial charge >= 0.3 is 0 Å². The molecule has 0 bridgehead atoms. The molecular weight excluding hydrogens is 210 g/mol. The highest BCUT2D eigenvalue weighted by atomic mass is 16.3. The average molecular weight is 237 g/mol. The Balaban J connectivity index is 2.65. The molecule has 2 heteroatoms. The third-order valence-electron chi connectivity index (χ3n) is 3.81. The highest BCUT2D eigenvalue weighted by Gasteiger charge is 2.18. The minimum absolute atomic E-state index is 0.364. The average Bonchev–Trinajstić information content (AvgIpc) is 2.59. The second-order valence-electron chi connectivity index (χ2n) is 5.12. The molecule has 1 aromatic rings. The highest BCUT2D eigenvalue weighted by molar-refractivity contribution is 5.23. The molecule has 1 rings (SSSR count). The number of hydrogen-bond donors (Lipinski definition) is 1. The van der Waals surface area contributed by atoms with Gasteiger partial charge in [0, 0.05) is 17.6 Å². The Kier molecular flexibility index (Phi) is 5.26. The summed E-state index contributed by atoms with van der Waals surface area (Å²) < 4.78 is 5.59. The summed E-state index contributed by atoms with van der Waals surface area (Å²) in [5.74, 6) is 2.80. The quantitative estimate of drug-likeness (QED) is 0.794. The molecular formula is C15H27NO. The van der Waals surface area contributed by atoms with Crippen molar-refractivity contribution in [1.29, 1.82) is 0 Å². The minimum atomic E-state index is 0.364. The monoisotopic (exact) mass is 237 g/mol. The van der Waals surface area contributed by atoms with Gasteiger partial charge in [0.2, 0.25) is 0 Å². The fourth-order valence-electron chi connectivity index (χ4n) is 2.70. The summed E-state index contributed by atoms with van der Waals surface area (Å²) in [4.78, 5) is 0. The van der Waals surface area contributed by atoms with Gasteiger partial charge in [-0.05, 0) is 39.7 Å². The summed E-state index contributed by atoms with van der Waals surface area (Å²) in [7, 11) is 0. The maximum atomic E-state index is 5.59. The number of rotatable bonds is 6. The Labute approximate surface area is 106 Å². The van der Waals surface area contributed by atoms with E-state index >= 15 is 0 Å². The van der Waals surface area contributed by atoms with Crippen molar-refractivity contribution in [3.63, 3.8) is 0 Å². The Morgan fingerprint density at radius 2 is 1.76 bits per heavy atom. The Morgan fingerprint density at radius 3 is 2.18 bits per heavy atom. The van der Waals surface area contributed by atoms with Crippen LogP contribution >= 0.6 is 0 Å². The summed E-state index contributed by atoms with van der Waals surface area (Å²) in [5.41, 5.74) is 1.29. The normalized spacial score (nSPS) is 15.2. The standard InChI is InChI=1S/C15H27NO/c1-7-14(8-2)11(4)16-12(5)15-9-10(3)17-13(15)6/h9,11-12,14,16H,7-8H2,1-6H3. The zero-order valence-electron chi connectivity index (χ0n) is 12.1. The van der Waals surface area contributed by atoms with Crippen LogP contribution in [0.15, 0.2) is 10.5 Å². The van der Waals surface area contributed by atoms with E-state index in [-0.39, 0.29) is 0 Å². The van der Waals surface area contributed by atoms with E-state index in [4.69, 9.17) is 4.42 Å². The Morgan fingerprint density at radius 1 is 1.18 bits per heavy atom. The fourth-order valence-corrected chi connectivity index (χ4v) is 2.70. The van der Waals surface area contributed by atoms with Crippen LogP contribution in [-0.4, -0.2) is 6.04 Å². The predicted octanol–water partition coefficient (Wildman–Crippen LogP) is 4.37. The first-order chi connectivity index (χ1) is 7.99. The van der Waals surface area contributed by atoms with Crippen molar-refractivity contribution in [2.45, 2.75) is 66.5 Å². The number of hydrogen-bond acceptors (Lipinski definition) is 2. The highest BCUT2D eigenvalue weighted by Crippen LogP contribution is 2.23. The molecule has 2 unspecified atom stereocenters. The predicted molar refractivity (Wildman–Crippen MR) is 73.3 cm³/mol. The molecule has 17 heavy (non-hydrogen) atoms. The molecule has 0 radical (unpaired) electrons. The van der Waals surface area contributed by atoms with Crippen LogP contribution in [-0.2, 0) is 0 Å². The van der Waals surface area contributed by atoms with E-state index in [0.717, 1.165) is 17.4 Å². The minimum Gasteiger partial charge on any atom is -0.466 e. The zero-order chi connectivity index (χ0) is 13.0. The molecule has 1 heterocycles. The lowest BCUT2D eigenvalue weighted by Crippen LogP contribution is -2.35. The molecule has 1 aromatic heterocycles. The molecule has 0 aromatic carbocycles. The van der Waals surface area contributed by atoms with Gasteiger partial charge < -0.3 is 9.73 Å². The molecule has 2 atom stereocenters. The van der Waals surface area contributed by atoms with Gasteiger partial charge in [-0.15, -0.1) is 0 Å². The fraction of sp³-hybridized carbons (Fsp3) is 0.733. The lowest BCUT2D eigenvalue weighted by molar-refractivity contribution is 0.328. The van der Waals surface area contributed by atoms with Crippen LogP contribution in [0, 0.1) is 19.8 Å². The van der Waals surface area contributed by atoms with Crippen LogP contribution in [0.1, 0.15) is 63.7 Å². The van der Waals surface area contributed by atoms with E-state index in [1.807, 2.05) is 13.8 Å². The summed E-state index contributed by atoms with van der Waals surface area (Å²) in [6.45, 7) is 13.1. The van der Waals surface area contributed by atoms with E-state index in [1.165, 1.54) is 18.4 Å². The number of nitrogens with one attached hydrogen (secondary N) is 1. The Bertz CT molecular complexity index is 339. The van der Waals surface area contributed by atoms with Crippen molar-refractivity contribution in [3.8, 4) is 0 Å². The van der Waals surface area contributed by atoms with E-state index < -0.39 is 0 Å². The molecule has 0 fully saturated rings. The molecule has 0 amide bonds. The molecule has 0 aliphatic rings. The molecule has 0 saturated carbocycles. The summed E-state index contributed by atoms with van der Waals surface area (Å²) >= 11 is 0. The molecule has 98 valence electrons. The van der Waals surface area contributed by atoms with E-state index in [2.05, 4.69) is 39.1 Å². The number of furan rings is 1. The van der Waals surface area contributed by atoms with Gasteiger partial charge in [-0.2, -0.15) is 0 Å². The maximum Gasteiger partial charge on any atom is 0.105 e. The largest absolute Gasteiger partial charge is 0.466 e. The lowest BCUT2D eigenvalue weighted by atomic mass is 9.94. The van der Waals surface area contributed by atoms with Gasteiger partial charge in [0.15, 0.2) is 0 Å². The van der Waals surface area contributed by atoms with Crippen molar-refractivity contribution >= 4 is 0 Å². The zero-order valence-corrected chi connectivity index (χ0v) is 12.1. The molecule has 0 spiro atoms. The van der Waals surface area contributed by atoms with Gasteiger partial charge in [-0.3, -0.25) is 0 Å². The van der Waals surface area contributed by atoms with Gasteiger partial charge in [0.25, 0.3) is 0 Å². The summed E-state index contributed by atoms with van der Waals surface area (Å²) in [5, 5.41) is 3.69. The first-order valence-corrected chi connectivity index (χ1v) is 6.82. The van der Waals surface area contributed by atoms with Gasteiger partial charge in [-0.1, -0.05) is 26.7 Å². The van der Waals surface area contributed by atoms with Gasteiger partial charge in [0.1, 0.15) is 11.5 Å². The second kappa shape index (κ2) is 6.25. The van der Waals surface area contributed by atoms with E-state index in [0.29, 0.717) is 12.1 Å². The van der Waals surface area contributed by atoms with Crippen LogP contribution < -0.4 is 5.32 Å². The first-order valence-electron chi connectivity index (χ1n) is 6.82.